The Morgan fingerprint density at radius 1 is 1.00 bits per heavy atom. The highest BCUT2D eigenvalue weighted by Crippen LogP contribution is 2.25. The lowest BCUT2D eigenvalue weighted by Gasteiger charge is -2.14. The molecule has 2 aromatic carbocycles. The minimum atomic E-state index is -0.202. The Morgan fingerprint density at radius 3 is 2.33 bits per heavy atom. The first kappa shape index (κ1) is 21.3. The largest absolute Gasteiger partial charge is 0.493 e. The molecule has 0 bridgehead atoms. The third-order valence-electron chi connectivity index (χ3n) is 3.83. The van der Waals surface area contributed by atoms with E-state index < -0.39 is 0 Å². The maximum atomic E-state index is 12.7. The van der Waals surface area contributed by atoms with Crippen LogP contribution in [0.3, 0.4) is 0 Å². The predicted molar refractivity (Wildman–Crippen MR) is 114 cm³/mol. The molecule has 0 spiro atoms. The third-order valence-corrected chi connectivity index (χ3v) is 4.33. The number of anilines is 1. The van der Waals surface area contributed by atoms with E-state index >= 15 is 0 Å². The van der Waals surface area contributed by atoms with Crippen LogP contribution in [-0.4, -0.2) is 19.1 Å². The molecule has 0 aromatic heterocycles. The molecule has 1 amide bonds. The summed E-state index contributed by atoms with van der Waals surface area (Å²) in [4.78, 5) is 12.7. The summed E-state index contributed by atoms with van der Waals surface area (Å²) in [5, 5.41) is 2.92. The van der Waals surface area contributed by atoms with Gasteiger partial charge in [0.1, 0.15) is 11.5 Å². The smallest absolute Gasteiger partial charge is 0.259 e. The summed E-state index contributed by atoms with van der Waals surface area (Å²) >= 11 is 3.43. The van der Waals surface area contributed by atoms with Gasteiger partial charge >= 0.3 is 0 Å². The zero-order chi connectivity index (χ0) is 19.8. The van der Waals surface area contributed by atoms with E-state index in [1.165, 1.54) is 0 Å². The standard InChI is InChI=1S/C22H28BrNO3/c1-15(2)11-12-26-21-10-5-17(23)13-20(21)22(25)24-18-6-8-19(9-7-18)27-14-16(3)4/h5-10,13,15-16H,11-12,14H2,1-4H3,(H,24,25). The van der Waals surface area contributed by atoms with Crippen LogP contribution in [0.1, 0.15) is 44.5 Å². The van der Waals surface area contributed by atoms with Gasteiger partial charge in [0.25, 0.3) is 5.91 Å². The molecule has 0 aliphatic carbocycles. The topological polar surface area (TPSA) is 47.6 Å². The van der Waals surface area contributed by atoms with Crippen molar-refractivity contribution in [3.05, 3.63) is 52.5 Å². The first-order chi connectivity index (χ1) is 12.8. The van der Waals surface area contributed by atoms with Crippen LogP contribution in [0.25, 0.3) is 0 Å². The maximum Gasteiger partial charge on any atom is 0.259 e. The van der Waals surface area contributed by atoms with Crippen molar-refractivity contribution in [3.63, 3.8) is 0 Å². The van der Waals surface area contributed by atoms with Gasteiger partial charge in [-0.05, 0) is 60.7 Å². The lowest BCUT2D eigenvalue weighted by molar-refractivity contribution is 0.102. The molecule has 0 saturated heterocycles. The average molecular weight is 434 g/mol. The van der Waals surface area contributed by atoms with Gasteiger partial charge in [0.2, 0.25) is 0 Å². The van der Waals surface area contributed by atoms with Crippen LogP contribution >= 0.6 is 15.9 Å². The quantitative estimate of drug-likeness (QED) is 0.514. The zero-order valence-corrected chi connectivity index (χ0v) is 18.0. The van der Waals surface area contributed by atoms with Crippen LogP contribution in [0.2, 0.25) is 0 Å². The number of rotatable bonds is 9. The van der Waals surface area contributed by atoms with Crippen LogP contribution in [0, 0.1) is 11.8 Å². The molecule has 5 heteroatoms. The Hall–Kier alpha value is -2.01. The summed E-state index contributed by atoms with van der Waals surface area (Å²) in [6, 6.07) is 12.9. The van der Waals surface area contributed by atoms with Crippen molar-refractivity contribution in [3.8, 4) is 11.5 Å². The second-order valence-corrected chi connectivity index (χ2v) is 8.27. The Morgan fingerprint density at radius 2 is 1.70 bits per heavy atom. The molecule has 1 N–H and O–H groups in total. The van der Waals surface area contributed by atoms with E-state index in [0.717, 1.165) is 16.6 Å². The molecule has 0 aliphatic heterocycles. The van der Waals surface area contributed by atoms with E-state index in [4.69, 9.17) is 9.47 Å². The van der Waals surface area contributed by atoms with Crippen molar-refractivity contribution in [2.24, 2.45) is 11.8 Å². The molecule has 0 aliphatic rings. The zero-order valence-electron chi connectivity index (χ0n) is 16.4. The van der Waals surface area contributed by atoms with E-state index in [0.29, 0.717) is 42.0 Å². The fourth-order valence-electron chi connectivity index (χ4n) is 2.31. The normalized spacial score (nSPS) is 10.9. The molecule has 0 fully saturated rings. The molecular formula is C22H28BrNO3. The lowest BCUT2D eigenvalue weighted by atomic mass is 10.1. The molecule has 27 heavy (non-hydrogen) atoms. The number of ether oxygens (including phenoxy) is 2. The summed E-state index contributed by atoms with van der Waals surface area (Å²) in [5.41, 5.74) is 1.22. The predicted octanol–water partition coefficient (Wildman–Crippen LogP) is 6.16. The summed E-state index contributed by atoms with van der Waals surface area (Å²) in [6.45, 7) is 9.75. The van der Waals surface area contributed by atoms with E-state index in [2.05, 4.69) is 48.9 Å². The first-order valence-corrected chi connectivity index (χ1v) is 10.1. The highest BCUT2D eigenvalue weighted by Gasteiger charge is 2.14. The van der Waals surface area contributed by atoms with Crippen molar-refractivity contribution in [2.45, 2.75) is 34.1 Å². The summed E-state index contributed by atoms with van der Waals surface area (Å²) in [6.07, 6.45) is 0.939. The van der Waals surface area contributed by atoms with Crippen LogP contribution in [-0.2, 0) is 0 Å². The van der Waals surface area contributed by atoms with Crippen LogP contribution in [0.15, 0.2) is 46.9 Å². The first-order valence-electron chi connectivity index (χ1n) is 9.31. The highest BCUT2D eigenvalue weighted by atomic mass is 79.9. The second kappa shape index (κ2) is 10.4. The molecule has 0 radical (unpaired) electrons. The molecule has 4 nitrogen and oxygen atoms in total. The Balaban J connectivity index is 2.05. The molecule has 0 heterocycles. The van der Waals surface area contributed by atoms with E-state index in [-0.39, 0.29) is 5.91 Å². The Labute approximate surface area is 170 Å². The number of hydrogen-bond donors (Lipinski definition) is 1. The number of hydrogen-bond acceptors (Lipinski definition) is 3. The molecule has 0 saturated carbocycles. The third kappa shape index (κ3) is 7.25. The molecule has 0 unspecified atom stereocenters. The van der Waals surface area contributed by atoms with Crippen molar-refractivity contribution < 1.29 is 14.3 Å². The van der Waals surface area contributed by atoms with Gasteiger partial charge in [0.05, 0.1) is 18.8 Å². The van der Waals surface area contributed by atoms with Gasteiger partial charge in [-0.15, -0.1) is 0 Å². The second-order valence-electron chi connectivity index (χ2n) is 7.35. The molecule has 2 aromatic rings. The van der Waals surface area contributed by atoms with Gasteiger partial charge in [-0.1, -0.05) is 43.6 Å². The molecule has 2 rings (SSSR count). The monoisotopic (exact) mass is 433 g/mol. The Bertz CT molecular complexity index is 742. The van der Waals surface area contributed by atoms with Crippen LogP contribution in [0.4, 0.5) is 5.69 Å². The number of carbonyl (C=O) groups is 1. The minimum absolute atomic E-state index is 0.202. The molecule has 0 atom stereocenters. The van der Waals surface area contributed by atoms with Gasteiger partial charge in [-0.3, -0.25) is 4.79 Å². The van der Waals surface area contributed by atoms with Gasteiger partial charge in [0, 0.05) is 10.2 Å². The molecular weight excluding hydrogens is 406 g/mol. The van der Waals surface area contributed by atoms with Gasteiger partial charge in [0.15, 0.2) is 0 Å². The van der Waals surface area contributed by atoms with Crippen LogP contribution in [0.5, 0.6) is 11.5 Å². The van der Waals surface area contributed by atoms with Crippen molar-refractivity contribution in [2.75, 3.05) is 18.5 Å². The van der Waals surface area contributed by atoms with Crippen molar-refractivity contribution >= 4 is 27.5 Å². The summed E-state index contributed by atoms with van der Waals surface area (Å²) < 4.78 is 12.3. The average Bonchev–Trinajstić information content (AvgIpc) is 2.62. The molecule has 146 valence electrons. The number of halogens is 1. The van der Waals surface area contributed by atoms with Gasteiger partial charge < -0.3 is 14.8 Å². The summed E-state index contributed by atoms with van der Waals surface area (Å²) in [7, 11) is 0. The number of carbonyl (C=O) groups excluding carboxylic acids is 1. The van der Waals surface area contributed by atoms with E-state index in [1.807, 2.05) is 36.4 Å². The minimum Gasteiger partial charge on any atom is -0.493 e. The van der Waals surface area contributed by atoms with Crippen molar-refractivity contribution in [1.82, 2.24) is 0 Å². The highest BCUT2D eigenvalue weighted by molar-refractivity contribution is 9.10. The van der Waals surface area contributed by atoms with Gasteiger partial charge in [-0.25, -0.2) is 0 Å². The number of amides is 1. The SMILES string of the molecule is CC(C)CCOc1ccc(Br)cc1C(=O)Nc1ccc(OCC(C)C)cc1. The fraction of sp³-hybridized carbons (Fsp3) is 0.409. The lowest BCUT2D eigenvalue weighted by Crippen LogP contribution is -2.14. The summed E-state index contributed by atoms with van der Waals surface area (Å²) in [5.74, 6) is 2.20. The maximum absolute atomic E-state index is 12.7. The Kier molecular flexibility index (Phi) is 8.17. The number of nitrogens with one attached hydrogen (secondary N) is 1. The van der Waals surface area contributed by atoms with E-state index in [1.54, 1.807) is 6.07 Å². The fourth-order valence-corrected chi connectivity index (χ4v) is 2.67. The van der Waals surface area contributed by atoms with Crippen LogP contribution < -0.4 is 14.8 Å². The van der Waals surface area contributed by atoms with Crippen molar-refractivity contribution in [1.29, 1.82) is 0 Å². The number of benzene rings is 2. The van der Waals surface area contributed by atoms with Gasteiger partial charge in [-0.2, -0.15) is 0 Å². The van der Waals surface area contributed by atoms with E-state index in [9.17, 15) is 4.79 Å².